The molecule has 1 saturated carbocycles. The Morgan fingerprint density at radius 2 is 2.25 bits per heavy atom. The van der Waals surface area contributed by atoms with Crippen LogP contribution in [0.4, 0.5) is 10.1 Å². The molecule has 1 aliphatic rings. The molecule has 0 radical (unpaired) electrons. The highest BCUT2D eigenvalue weighted by atomic mass is 19.1. The molecule has 0 amide bonds. The van der Waals surface area contributed by atoms with Crippen LogP contribution in [0.5, 0.6) is 0 Å². The summed E-state index contributed by atoms with van der Waals surface area (Å²) < 4.78 is 12.9. The van der Waals surface area contributed by atoms with Crippen molar-refractivity contribution in [2.24, 2.45) is 5.41 Å². The van der Waals surface area contributed by atoms with Crippen molar-refractivity contribution in [3.63, 3.8) is 0 Å². The molecule has 16 heavy (non-hydrogen) atoms. The average molecular weight is 218 g/mol. The summed E-state index contributed by atoms with van der Waals surface area (Å²) in [6.07, 6.45) is 2.85. The SMILES string of the molecule is Cc1cc(F)ccc1NCC1(CC#N)CC1. The van der Waals surface area contributed by atoms with E-state index in [2.05, 4.69) is 11.4 Å². The highest BCUT2D eigenvalue weighted by Crippen LogP contribution is 2.48. The number of benzene rings is 1. The smallest absolute Gasteiger partial charge is 0.123 e. The van der Waals surface area contributed by atoms with E-state index < -0.39 is 0 Å². The second-order valence-electron chi connectivity index (χ2n) is 4.65. The minimum atomic E-state index is -0.207. The van der Waals surface area contributed by atoms with Gasteiger partial charge in [-0.2, -0.15) is 5.26 Å². The maximum Gasteiger partial charge on any atom is 0.123 e. The topological polar surface area (TPSA) is 35.8 Å². The molecule has 2 nitrogen and oxygen atoms in total. The Kier molecular flexibility index (Phi) is 2.82. The minimum absolute atomic E-state index is 0.176. The predicted molar refractivity (Wildman–Crippen MR) is 61.5 cm³/mol. The Bertz CT molecular complexity index is 430. The number of hydrogen-bond acceptors (Lipinski definition) is 2. The Labute approximate surface area is 95.1 Å². The Morgan fingerprint density at radius 1 is 1.50 bits per heavy atom. The fourth-order valence-electron chi connectivity index (χ4n) is 1.87. The van der Waals surface area contributed by atoms with E-state index in [9.17, 15) is 4.39 Å². The second-order valence-corrected chi connectivity index (χ2v) is 4.65. The highest BCUT2D eigenvalue weighted by Gasteiger charge is 2.42. The van der Waals surface area contributed by atoms with E-state index in [0.29, 0.717) is 6.42 Å². The van der Waals surface area contributed by atoms with Crippen molar-refractivity contribution in [2.45, 2.75) is 26.2 Å². The fourth-order valence-corrected chi connectivity index (χ4v) is 1.87. The summed E-state index contributed by atoms with van der Waals surface area (Å²) in [5.41, 5.74) is 2.05. The van der Waals surface area contributed by atoms with Gasteiger partial charge in [0.15, 0.2) is 0 Å². The van der Waals surface area contributed by atoms with Crippen LogP contribution in [0, 0.1) is 29.5 Å². The average Bonchev–Trinajstić information content (AvgIpc) is 2.98. The van der Waals surface area contributed by atoms with Gasteiger partial charge in [0.1, 0.15) is 5.82 Å². The lowest BCUT2D eigenvalue weighted by atomic mass is 10.0. The van der Waals surface area contributed by atoms with Crippen LogP contribution >= 0.6 is 0 Å². The molecule has 1 N–H and O–H groups in total. The van der Waals surface area contributed by atoms with E-state index in [4.69, 9.17) is 5.26 Å². The van der Waals surface area contributed by atoms with Crippen LogP contribution in [0.3, 0.4) is 0 Å². The third-order valence-electron chi connectivity index (χ3n) is 3.25. The molecular weight excluding hydrogens is 203 g/mol. The molecule has 1 fully saturated rings. The maximum atomic E-state index is 12.9. The molecule has 3 heteroatoms. The van der Waals surface area contributed by atoms with Crippen molar-refractivity contribution in [1.82, 2.24) is 0 Å². The van der Waals surface area contributed by atoms with Crippen LogP contribution in [-0.4, -0.2) is 6.54 Å². The van der Waals surface area contributed by atoms with Gasteiger partial charge in [-0.05, 0) is 43.5 Å². The molecular formula is C13H15FN2. The first kappa shape index (κ1) is 10.9. The van der Waals surface area contributed by atoms with Crippen molar-refractivity contribution < 1.29 is 4.39 Å². The first-order valence-electron chi connectivity index (χ1n) is 5.52. The van der Waals surface area contributed by atoms with Gasteiger partial charge >= 0.3 is 0 Å². The van der Waals surface area contributed by atoms with Crippen molar-refractivity contribution in [1.29, 1.82) is 5.26 Å². The maximum absolute atomic E-state index is 12.9. The molecule has 0 bridgehead atoms. The number of aryl methyl sites for hydroxylation is 1. The molecule has 0 heterocycles. The predicted octanol–water partition coefficient (Wildman–Crippen LogP) is 3.24. The normalized spacial score (nSPS) is 16.6. The van der Waals surface area contributed by atoms with Gasteiger partial charge in [0.2, 0.25) is 0 Å². The second kappa shape index (κ2) is 4.13. The van der Waals surface area contributed by atoms with E-state index in [1.54, 1.807) is 6.07 Å². The molecule has 1 aliphatic carbocycles. The van der Waals surface area contributed by atoms with E-state index in [1.807, 2.05) is 6.92 Å². The molecule has 0 aliphatic heterocycles. The zero-order chi connectivity index (χ0) is 11.6. The zero-order valence-electron chi connectivity index (χ0n) is 9.39. The lowest BCUT2D eigenvalue weighted by molar-refractivity contribution is 0.557. The number of halogens is 1. The summed E-state index contributed by atoms with van der Waals surface area (Å²) >= 11 is 0. The van der Waals surface area contributed by atoms with Gasteiger partial charge in [-0.25, -0.2) is 4.39 Å². The summed E-state index contributed by atoms with van der Waals surface area (Å²) in [5.74, 6) is -0.207. The molecule has 1 aromatic carbocycles. The molecule has 1 aromatic rings. The van der Waals surface area contributed by atoms with Crippen LogP contribution in [0.1, 0.15) is 24.8 Å². The van der Waals surface area contributed by atoms with E-state index in [0.717, 1.165) is 30.6 Å². The summed E-state index contributed by atoms with van der Waals surface area (Å²) in [5, 5.41) is 12.0. The summed E-state index contributed by atoms with van der Waals surface area (Å²) in [4.78, 5) is 0. The number of nitrogens with zero attached hydrogens (tertiary/aromatic N) is 1. The number of nitrogens with one attached hydrogen (secondary N) is 1. The molecule has 84 valence electrons. The Morgan fingerprint density at radius 3 is 2.81 bits per heavy atom. The van der Waals surface area contributed by atoms with Crippen molar-refractivity contribution >= 4 is 5.69 Å². The van der Waals surface area contributed by atoms with Gasteiger partial charge < -0.3 is 5.32 Å². The van der Waals surface area contributed by atoms with Gasteiger partial charge in [-0.1, -0.05) is 0 Å². The molecule has 0 atom stereocenters. The fraction of sp³-hybridized carbons (Fsp3) is 0.462. The van der Waals surface area contributed by atoms with E-state index in [-0.39, 0.29) is 11.2 Å². The Balaban J connectivity index is 1.98. The van der Waals surface area contributed by atoms with Gasteiger partial charge in [0, 0.05) is 24.1 Å². The van der Waals surface area contributed by atoms with Crippen LogP contribution in [0.15, 0.2) is 18.2 Å². The van der Waals surface area contributed by atoms with E-state index >= 15 is 0 Å². The lowest BCUT2D eigenvalue weighted by Crippen LogP contribution is -2.15. The quantitative estimate of drug-likeness (QED) is 0.842. The van der Waals surface area contributed by atoms with Gasteiger partial charge in [-0.3, -0.25) is 0 Å². The summed E-state index contributed by atoms with van der Waals surface area (Å²) in [7, 11) is 0. The molecule has 0 saturated heterocycles. The molecule has 2 rings (SSSR count). The van der Waals surface area contributed by atoms with Crippen LogP contribution in [-0.2, 0) is 0 Å². The molecule has 0 spiro atoms. The summed E-state index contributed by atoms with van der Waals surface area (Å²) in [6, 6.07) is 6.97. The van der Waals surface area contributed by atoms with Gasteiger partial charge in [-0.15, -0.1) is 0 Å². The van der Waals surface area contributed by atoms with Crippen molar-refractivity contribution in [2.75, 3.05) is 11.9 Å². The van der Waals surface area contributed by atoms with Crippen LogP contribution < -0.4 is 5.32 Å². The van der Waals surface area contributed by atoms with Gasteiger partial charge in [0.05, 0.1) is 6.07 Å². The Hall–Kier alpha value is -1.56. The van der Waals surface area contributed by atoms with Crippen LogP contribution in [0.2, 0.25) is 0 Å². The number of anilines is 1. The zero-order valence-corrected chi connectivity index (χ0v) is 9.39. The summed E-state index contributed by atoms with van der Waals surface area (Å²) in [6.45, 7) is 2.70. The lowest BCUT2D eigenvalue weighted by Gasteiger charge is -2.15. The van der Waals surface area contributed by atoms with Crippen molar-refractivity contribution in [3.8, 4) is 6.07 Å². The monoisotopic (exact) mass is 218 g/mol. The van der Waals surface area contributed by atoms with E-state index in [1.165, 1.54) is 12.1 Å². The molecule has 0 unspecified atom stereocenters. The molecule has 0 aromatic heterocycles. The first-order chi connectivity index (χ1) is 7.65. The third kappa shape index (κ3) is 2.33. The largest absolute Gasteiger partial charge is 0.384 e. The standard InChI is InChI=1S/C13H15FN2/c1-10-8-11(14)2-3-12(10)16-9-13(4-5-13)6-7-15/h2-3,8,16H,4-6,9H2,1H3. The van der Waals surface area contributed by atoms with Crippen molar-refractivity contribution in [3.05, 3.63) is 29.6 Å². The first-order valence-corrected chi connectivity index (χ1v) is 5.52. The number of hydrogen-bond donors (Lipinski definition) is 1. The van der Waals surface area contributed by atoms with Gasteiger partial charge in [0.25, 0.3) is 0 Å². The van der Waals surface area contributed by atoms with Crippen LogP contribution in [0.25, 0.3) is 0 Å². The minimum Gasteiger partial charge on any atom is -0.384 e. The number of rotatable bonds is 4. The third-order valence-corrected chi connectivity index (χ3v) is 3.25. The highest BCUT2D eigenvalue weighted by molar-refractivity contribution is 5.50. The number of nitriles is 1.